The first kappa shape index (κ1) is 69.3. The van der Waals surface area contributed by atoms with Crippen LogP contribution in [0.4, 0.5) is 0 Å². The number of hydrogen-bond donors (Lipinski definition) is 3. The summed E-state index contributed by atoms with van der Waals surface area (Å²) in [5.74, 6) is -0.0240. The number of aliphatic hydroxyl groups is 2. The van der Waals surface area contributed by atoms with Gasteiger partial charge in [-0.1, -0.05) is 345 Å². The van der Waals surface area contributed by atoms with Crippen molar-refractivity contribution < 1.29 is 15.0 Å². The molecule has 0 rings (SSSR count). The minimum Gasteiger partial charge on any atom is -0.394 e. The molecule has 0 aliphatic carbocycles. The highest BCUT2D eigenvalue weighted by molar-refractivity contribution is 5.76. The molecule has 0 aromatic rings. The van der Waals surface area contributed by atoms with Gasteiger partial charge in [0.25, 0.3) is 0 Å². The van der Waals surface area contributed by atoms with Gasteiger partial charge >= 0.3 is 0 Å². The quantitative estimate of drug-likeness (QED) is 0.0420. The molecule has 0 saturated heterocycles. The monoisotopic (exact) mass is 994 g/mol. The molecule has 3 N–H and O–H groups in total. The van der Waals surface area contributed by atoms with Crippen molar-refractivity contribution in [3.63, 3.8) is 0 Å². The second kappa shape index (κ2) is 62.6. The Kier molecular flexibility index (Phi) is 61.2. The van der Waals surface area contributed by atoms with Gasteiger partial charge in [0.1, 0.15) is 0 Å². The zero-order valence-electron chi connectivity index (χ0n) is 48.3. The Morgan fingerprint density at radius 1 is 0.352 bits per heavy atom. The summed E-state index contributed by atoms with van der Waals surface area (Å²) >= 11 is 0. The van der Waals surface area contributed by atoms with Gasteiger partial charge in [-0.3, -0.25) is 4.79 Å². The van der Waals surface area contributed by atoms with Crippen LogP contribution in [-0.4, -0.2) is 34.9 Å². The van der Waals surface area contributed by atoms with Crippen LogP contribution in [0.15, 0.2) is 48.6 Å². The SMILES string of the molecule is CC/C=C\C/C=C\C/C=C\C/C=C\CCCCCCCCCCCCCCCCCCCCCCCCC(=O)NC(CO)C(O)CCCCCCCCCCCCCCCCCCCCCCCCCC. The lowest BCUT2D eigenvalue weighted by molar-refractivity contribution is -0.123. The van der Waals surface area contributed by atoms with E-state index in [4.69, 9.17) is 0 Å². The summed E-state index contributed by atoms with van der Waals surface area (Å²) in [5, 5.41) is 23.4. The van der Waals surface area contributed by atoms with E-state index in [0.29, 0.717) is 12.8 Å². The van der Waals surface area contributed by atoms with E-state index in [0.717, 1.165) is 51.4 Å². The van der Waals surface area contributed by atoms with E-state index in [1.54, 1.807) is 0 Å². The Hall–Kier alpha value is -1.65. The predicted molar refractivity (Wildman–Crippen MR) is 318 cm³/mol. The van der Waals surface area contributed by atoms with Gasteiger partial charge in [0, 0.05) is 6.42 Å². The fourth-order valence-electron chi connectivity index (χ4n) is 10.2. The normalized spacial score (nSPS) is 13.0. The highest BCUT2D eigenvalue weighted by Gasteiger charge is 2.20. The van der Waals surface area contributed by atoms with Gasteiger partial charge in [-0.05, 0) is 51.4 Å². The summed E-state index contributed by atoms with van der Waals surface area (Å²) in [6.45, 7) is 4.29. The van der Waals surface area contributed by atoms with Gasteiger partial charge in [-0.25, -0.2) is 0 Å². The van der Waals surface area contributed by atoms with E-state index in [-0.39, 0.29) is 12.5 Å². The molecule has 0 bridgehead atoms. The fraction of sp³-hybridized carbons (Fsp3) is 0.866. The first-order chi connectivity index (χ1) is 35.2. The van der Waals surface area contributed by atoms with E-state index in [9.17, 15) is 15.0 Å². The summed E-state index contributed by atoms with van der Waals surface area (Å²) in [5.41, 5.74) is 0. The second-order valence-corrected chi connectivity index (χ2v) is 22.2. The molecule has 1 amide bonds. The lowest BCUT2D eigenvalue weighted by atomic mass is 10.0. The molecule has 0 heterocycles. The summed E-state index contributed by atoms with van der Waals surface area (Å²) in [6, 6.07) is -0.536. The molecule has 0 aliphatic heterocycles. The van der Waals surface area contributed by atoms with Crippen molar-refractivity contribution in [3.05, 3.63) is 48.6 Å². The molecule has 4 nitrogen and oxygen atoms in total. The average Bonchev–Trinajstić information content (AvgIpc) is 3.37. The van der Waals surface area contributed by atoms with Crippen molar-refractivity contribution in [2.24, 2.45) is 0 Å². The molecule has 0 radical (unpaired) electrons. The molecule has 0 saturated carbocycles. The highest BCUT2D eigenvalue weighted by atomic mass is 16.3. The van der Waals surface area contributed by atoms with Crippen LogP contribution in [0.2, 0.25) is 0 Å². The Labute approximate surface area is 445 Å². The smallest absolute Gasteiger partial charge is 0.220 e. The molecule has 0 spiro atoms. The summed E-state index contributed by atoms with van der Waals surface area (Å²) in [6.07, 6.45) is 87.1. The second-order valence-electron chi connectivity index (χ2n) is 22.2. The Morgan fingerprint density at radius 2 is 0.620 bits per heavy atom. The summed E-state index contributed by atoms with van der Waals surface area (Å²) < 4.78 is 0. The van der Waals surface area contributed by atoms with Crippen LogP contribution in [0.1, 0.15) is 354 Å². The number of carbonyl (C=O) groups is 1. The largest absolute Gasteiger partial charge is 0.394 e. The van der Waals surface area contributed by atoms with E-state index in [2.05, 4.69) is 67.8 Å². The molecule has 2 atom stereocenters. The Morgan fingerprint density at radius 3 is 0.930 bits per heavy atom. The number of aliphatic hydroxyl groups excluding tert-OH is 2. The fourth-order valence-corrected chi connectivity index (χ4v) is 10.2. The minimum atomic E-state index is -0.659. The Balaban J connectivity index is 3.40. The zero-order valence-corrected chi connectivity index (χ0v) is 48.3. The van der Waals surface area contributed by atoms with Gasteiger partial charge in [0.05, 0.1) is 18.8 Å². The van der Waals surface area contributed by atoms with Crippen LogP contribution in [-0.2, 0) is 4.79 Å². The van der Waals surface area contributed by atoms with Gasteiger partial charge in [0.15, 0.2) is 0 Å². The molecule has 4 heteroatoms. The minimum absolute atomic E-state index is 0.0240. The molecule has 418 valence electrons. The number of unbranched alkanes of at least 4 members (excludes halogenated alkanes) is 45. The molecule has 0 fully saturated rings. The van der Waals surface area contributed by atoms with Crippen LogP contribution in [0.25, 0.3) is 0 Å². The Bertz CT molecular complexity index is 1130. The third-order valence-corrected chi connectivity index (χ3v) is 15.1. The van der Waals surface area contributed by atoms with E-state index in [1.807, 2.05) is 0 Å². The van der Waals surface area contributed by atoms with Gasteiger partial charge in [0.2, 0.25) is 5.91 Å². The number of allylic oxidation sites excluding steroid dienone is 8. The standard InChI is InChI=1S/C67H127NO3/c1-3-5-7-9-11-13-15-17-19-21-23-25-27-29-30-31-32-33-34-35-36-37-38-39-41-43-45-47-49-51-53-55-57-59-61-63-67(71)68-65(64-69)66(70)62-60-58-56-54-52-50-48-46-44-42-40-28-26-24-22-20-18-16-14-12-10-8-6-4-2/h5,7,11,13,17,19,23,25,65-66,69-70H,3-4,6,8-10,12,14-16,18,20-22,24,26-64H2,1-2H3,(H,68,71)/b7-5-,13-11-,19-17-,25-23-. The topological polar surface area (TPSA) is 69.6 Å². The van der Waals surface area contributed by atoms with Crippen LogP contribution in [0, 0.1) is 0 Å². The van der Waals surface area contributed by atoms with E-state index >= 15 is 0 Å². The van der Waals surface area contributed by atoms with Gasteiger partial charge in [-0.2, -0.15) is 0 Å². The maximum absolute atomic E-state index is 12.5. The molecule has 2 unspecified atom stereocenters. The maximum atomic E-state index is 12.5. The first-order valence-corrected chi connectivity index (χ1v) is 32.3. The van der Waals surface area contributed by atoms with Gasteiger partial charge < -0.3 is 15.5 Å². The lowest BCUT2D eigenvalue weighted by Gasteiger charge is -2.22. The molecular weight excluding hydrogens is 867 g/mol. The molecule has 0 aromatic carbocycles. The van der Waals surface area contributed by atoms with Crippen molar-refractivity contribution in [2.75, 3.05) is 6.61 Å². The first-order valence-electron chi connectivity index (χ1n) is 32.3. The van der Waals surface area contributed by atoms with E-state index in [1.165, 1.54) is 276 Å². The molecule has 71 heavy (non-hydrogen) atoms. The number of nitrogens with one attached hydrogen (secondary N) is 1. The maximum Gasteiger partial charge on any atom is 0.220 e. The number of carbonyl (C=O) groups excluding carboxylic acids is 1. The van der Waals surface area contributed by atoms with Crippen LogP contribution in [0.3, 0.4) is 0 Å². The highest BCUT2D eigenvalue weighted by Crippen LogP contribution is 2.19. The third kappa shape index (κ3) is 59.1. The van der Waals surface area contributed by atoms with Crippen molar-refractivity contribution in [1.29, 1.82) is 0 Å². The lowest BCUT2D eigenvalue weighted by Crippen LogP contribution is -2.45. The van der Waals surface area contributed by atoms with Crippen LogP contribution in [0.5, 0.6) is 0 Å². The number of rotatable bonds is 60. The molecular formula is C67H127NO3. The number of hydrogen-bond acceptors (Lipinski definition) is 3. The van der Waals surface area contributed by atoms with Crippen LogP contribution >= 0.6 is 0 Å². The zero-order chi connectivity index (χ0) is 51.3. The molecule has 0 aromatic heterocycles. The predicted octanol–water partition coefficient (Wildman–Crippen LogP) is 21.8. The third-order valence-electron chi connectivity index (χ3n) is 15.1. The van der Waals surface area contributed by atoms with Gasteiger partial charge in [-0.15, -0.1) is 0 Å². The van der Waals surface area contributed by atoms with Crippen molar-refractivity contribution in [3.8, 4) is 0 Å². The molecule has 0 aliphatic rings. The average molecular weight is 995 g/mol. The van der Waals surface area contributed by atoms with Crippen molar-refractivity contribution in [1.82, 2.24) is 5.32 Å². The van der Waals surface area contributed by atoms with E-state index < -0.39 is 12.1 Å². The van der Waals surface area contributed by atoms with Crippen LogP contribution < -0.4 is 5.32 Å². The summed E-state index contributed by atoms with van der Waals surface area (Å²) in [4.78, 5) is 12.5. The van der Waals surface area contributed by atoms with Crippen molar-refractivity contribution >= 4 is 5.91 Å². The van der Waals surface area contributed by atoms with Crippen molar-refractivity contribution in [2.45, 2.75) is 366 Å². The summed E-state index contributed by atoms with van der Waals surface area (Å²) in [7, 11) is 0. The number of amides is 1.